The predicted molar refractivity (Wildman–Crippen MR) is 113 cm³/mol. The monoisotopic (exact) mass is 460 g/mol. The van der Waals surface area contributed by atoms with Crippen LogP contribution in [-0.2, 0) is 5.41 Å². The molecule has 0 bridgehead atoms. The summed E-state index contributed by atoms with van der Waals surface area (Å²) in [7, 11) is 0. The third kappa shape index (κ3) is 4.24. The fourth-order valence-electron chi connectivity index (χ4n) is 4.74. The number of halogens is 2. The Morgan fingerprint density at radius 2 is 1.90 bits per heavy atom. The molecule has 0 atom stereocenters. The first-order valence-corrected chi connectivity index (χ1v) is 11.1. The Kier molecular flexibility index (Phi) is 6.02. The van der Waals surface area contributed by atoms with Crippen molar-refractivity contribution in [3.63, 3.8) is 0 Å². The normalized spacial score (nSPS) is 24.3. The predicted octanol–water partition coefficient (Wildman–Crippen LogP) is 4.85. The fourth-order valence-corrected chi connectivity index (χ4v) is 5.08. The molecular formula is C23H26BrFN2O2. The summed E-state index contributed by atoms with van der Waals surface area (Å²) in [6.45, 7) is 0.122. The zero-order valence-corrected chi connectivity index (χ0v) is 17.9. The second-order valence-corrected chi connectivity index (χ2v) is 9.18. The number of carbonyl (C=O) groups is 1. The summed E-state index contributed by atoms with van der Waals surface area (Å²) >= 11 is 3.26. The van der Waals surface area contributed by atoms with Crippen molar-refractivity contribution in [3.8, 4) is 0 Å². The van der Waals surface area contributed by atoms with Crippen LogP contribution in [-0.4, -0.2) is 39.6 Å². The molecule has 0 radical (unpaired) electrons. The van der Waals surface area contributed by atoms with E-state index in [4.69, 9.17) is 0 Å². The minimum atomic E-state index is -0.478. The van der Waals surface area contributed by atoms with Crippen LogP contribution in [0.1, 0.15) is 61.0 Å². The van der Waals surface area contributed by atoms with E-state index in [9.17, 15) is 14.3 Å². The number of rotatable bonds is 6. The number of aliphatic hydroxyl groups is 1. The summed E-state index contributed by atoms with van der Waals surface area (Å²) in [5.74, 6) is -0.677. The first-order valence-electron chi connectivity index (χ1n) is 10.3. The molecule has 6 heteroatoms. The zero-order valence-electron chi connectivity index (χ0n) is 16.4. The van der Waals surface area contributed by atoms with Gasteiger partial charge in [-0.3, -0.25) is 9.78 Å². The van der Waals surface area contributed by atoms with Gasteiger partial charge in [0.25, 0.3) is 5.91 Å². The van der Waals surface area contributed by atoms with Gasteiger partial charge in [-0.15, -0.1) is 0 Å². The van der Waals surface area contributed by atoms with Gasteiger partial charge in [0.15, 0.2) is 0 Å². The Balaban J connectivity index is 1.54. The number of pyridine rings is 1. The Labute approximate surface area is 179 Å². The van der Waals surface area contributed by atoms with Crippen molar-refractivity contribution < 1.29 is 14.3 Å². The summed E-state index contributed by atoms with van der Waals surface area (Å²) in [6.07, 6.45) is 7.88. The average Bonchev–Trinajstić information content (AvgIpc) is 3.55. The van der Waals surface area contributed by atoms with E-state index in [1.54, 1.807) is 18.3 Å². The molecule has 0 saturated heterocycles. The molecule has 4 rings (SSSR count). The number of benzene rings is 1. The van der Waals surface area contributed by atoms with Gasteiger partial charge in [0.2, 0.25) is 0 Å². The molecule has 1 aromatic heterocycles. The number of nitrogens with zero attached hydrogens (tertiary/aromatic N) is 2. The van der Waals surface area contributed by atoms with E-state index >= 15 is 0 Å². The molecule has 0 spiro atoms. The lowest BCUT2D eigenvalue weighted by molar-refractivity contribution is 0.0544. The Hall–Kier alpha value is -1.79. The maximum atomic E-state index is 14.4. The van der Waals surface area contributed by atoms with Crippen LogP contribution in [0.5, 0.6) is 0 Å². The Bertz CT molecular complexity index is 864. The van der Waals surface area contributed by atoms with Crippen LogP contribution in [0.3, 0.4) is 0 Å². The number of hydrogen-bond acceptors (Lipinski definition) is 3. The number of aromatic nitrogens is 1. The van der Waals surface area contributed by atoms with E-state index in [1.807, 2.05) is 23.1 Å². The van der Waals surface area contributed by atoms with Gasteiger partial charge in [-0.2, -0.15) is 0 Å². The lowest BCUT2D eigenvalue weighted by atomic mass is 9.68. The van der Waals surface area contributed by atoms with Crippen LogP contribution in [0.4, 0.5) is 4.39 Å². The minimum Gasteiger partial charge on any atom is -0.396 e. The van der Waals surface area contributed by atoms with Gasteiger partial charge in [0, 0.05) is 40.5 Å². The smallest absolute Gasteiger partial charge is 0.257 e. The maximum absolute atomic E-state index is 14.4. The van der Waals surface area contributed by atoms with E-state index < -0.39 is 5.82 Å². The van der Waals surface area contributed by atoms with E-state index in [0.717, 1.165) is 44.2 Å². The van der Waals surface area contributed by atoms with Crippen LogP contribution in [0, 0.1) is 5.82 Å². The SMILES string of the molecule is O=C(c1ccc(Br)cc1F)N(C1CC1)[C@H]1CC[C@](CCO)(c2ccccn2)CC1. The standard InChI is InChI=1S/C23H26BrFN2O2/c24-16-4-7-19(20(25)15-16)22(29)27(17-5-6-17)18-8-10-23(11-9-18,12-14-28)21-3-1-2-13-26-21/h1-4,7,13,15,17-18,28H,5-6,8-12,14H2/t18-,23-. The van der Waals surface area contributed by atoms with Crippen molar-refractivity contribution >= 4 is 21.8 Å². The minimum absolute atomic E-state index is 0.105. The third-order valence-corrected chi connectivity index (χ3v) is 6.93. The topological polar surface area (TPSA) is 53.4 Å². The number of hydrogen-bond donors (Lipinski definition) is 1. The summed E-state index contributed by atoms with van der Waals surface area (Å²) in [5, 5.41) is 9.67. The molecule has 1 heterocycles. The van der Waals surface area contributed by atoms with Crippen LogP contribution < -0.4 is 0 Å². The van der Waals surface area contributed by atoms with Crippen molar-refractivity contribution in [2.24, 2.45) is 0 Å². The van der Waals surface area contributed by atoms with Crippen molar-refractivity contribution in [2.75, 3.05) is 6.61 Å². The Morgan fingerprint density at radius 3 is 2.48 bits per heavy atom. The molecule has 2 saturated carbocycles. The molecule has 0 aliphatic heterocycles. The molecule has 2 aliphatic rings. The lowest BCUT2D eigenvalue weighted by Gasteiger charge is -2.43. The van der Waals surface area contributed by atoms with Crippen LogP contribution in [0.25, 0.3) is 0 Å². The van der Waals surface area contributed by atoms with Gasteiger partial charge in [0.05, 0.1) is 5.56 Å². The summed E-state index contributed by atoms with van der Waals surface area (Å²) in [4.78, 5) is 19.7. The van der Waals surface area contributed by atoms with Gasteiger partial charge >= 0.3 is 0 Å². The zero-order chi connectivity index (χ0) is 20.4. The Morgan fingerprint density at radius 1 is 1.17 bits per heavy atom. The second-order valence-electron chi connectivity index (χ2n) is 8.27. The fraction of sp³-hybridized carbons (Fsp3) is 0.478. The highest BCUT2D eigenvalue weighted by molar-refractivity contribution is 9.10. The molecule has 1 N–H and O–H groups in total. The van der Waals surface area contributed by atoms with Gasteiger partial charge in [-0.1, -0.05) is 22.0 Å². The lowest BCUT2D eigenvalue weighted by Crippen LogP contribution is -2.47. The molecule has 1 aromatic carbocycles. The van der Waals surface area contributed by atoms with E-state index in [0.29, 0.717) is 10.9 Å². The number of carbonyl (C=O) groups excluding carboxylic acids is 1. The quantitative estimate of drug-likeness (QED) is 0.669. The van der Waals surface area contributed by atoms with Crippen LogP contribution >= 0.6 is 15.9 Å². The van der Waals surface area contributed by atoms with Crippen molar-refractivity contribution in [3.05, 3.63) is 64.1 Å². The van der Waals surface area contributed by atoms with Crippen molar-refractivity contribution in [2.45, 2.75) is 62.4 Å². The summed E-state index contributed by atoms with van der Waals surface area (Å²) in [5.41, 5.74) is 1.03. The van der Waals surface area contributed by atoms with Gasteiger partial charge in [-0.05, 0) is 75.3 Å². The van der Waals surface area contributed by atoms with Gasteiger partial charge < -0.3 is 10.0 Å². The number of amides is 1. The summed E-state index contributed by atoms with van der Waals surface area (Å²) < 4.78 is 15.1. The molecule has 4 nitrogen and oxygen atoms in total. The van der Waals surface area contributed by atoms with Gasteiger partial charge in [-0.25, -0.2) is 4.39 Å². The molecule has 154 valence electrons. The number of aliphatic hydroxyl groups excluding tert-OH is 1. The highest BCUT2D eigenvalue weighted by atomic mass is 79.9. The molecule has 2 aliphatic carbocycles. The van der Waals surface area contributed by atoms with E-state index in [-0.39, 0.29) is 35.6 Å². The first kappa shape index (κ1) is 20.5. The van der Waals surface area contributed by atoms with Crippen LogP contribution in [0.15, 0.2) is 47.1 Å². The highest BCUT2D eigenvalue weighted by Crippen LogP contribution is 2.44. The average molecular weight is 461 g/mol. The van der Waals surface area contributed by atoms with Crippen molar-refractivity contribution in [1.29, 1.82) is 0 Å². The highest BCUT2D eigenvalue weighted by Gasteiger charge is 2.44. The van der Waals surface area contributed by atoms with Gasteiger partial charge in [0.1, 0.15) is 5.82 Å². The maximum Gasteiger partial charge on any atom is 0.257 e. The largest absolute Gasteiger partial charge is 0.396 e. The first-order chi connectivity index (χ1) is 14.0. The molecule has 0 unspecified atom stereocenters. The molecule has 2 fully saturated rings. The third-order valence-electron chi connectivity index (χ3n) is 6.44. The second kappa shape index (κ2) is 8.52. The molecule has 29 heavy (non-hydrogen) atoms. The summed E-state index contributed by atoms with van der Waals surface area (Å²) in [6, 6.07) is 10.9. The van der Waals surface area contributed by atoms with Crippen LogP contribution in [0.2, 0.25) is 0 Å². The molecular weight excluding hydrogens is 435 g/mol. The van der Waals surface area contributed by atoms with E-state index in [1.165, 1.54) is 6.07 Å². The van der Waals surface area contributed by atoms with Crippen molar-refractivity contribution in [1.82, 2.24) is 9.88 Å². The molecule has 1 amide bonds. The molecule has 2 aromatic rings. The van der Waals surface area contributed by atoms with E-state index in [2.05, 4.69) is 20.9 Å².